The average molecular weight is 288 g/mol. The van der Waals surface area contributed by atoms with Gasteiger partial charge in [-0.1, -0.05) is 34.7 Å². The van der Waals surface area contributed by atoms with E-state index in [1.54, 1.807) is 7.11 Å². The minimum atomic E-state index is 0. The van der Waals surface area contributed by atoms with E-state index in [-0.39, 0.29) is 23.1 Å². The fraction of sp³-hybridized carbons (Fsp3) is 0.333. The Labute approximate surface area is 103 Å². The van der Waals surface area contributed by atoms with E-state index in [9.17, 15) is 0 Å². The van der Waals surface area contributed by atoms with Crippen molar-refractivity contribution >= 4 is 45.6 Å². The molecule has 1 rings (SSSR count). The lowest BCUT2D eigenvalue weighted by molar-refractivity contribution is 0.414. The summed E-state index contributed by atoms with van der Waals surface area (Å²) in [4.78, 5) is 0. The average Bonchev–Trinajstić information content (AvgIpc) is 2.07. The SMILES string of the molecule is COc1ccc(CCI)cc1.[MgH2]. The van der Waals surface area contributed by atoms with Crippen LogP contribution in [-0.2, 0) is 6.42 Å². The molecule has 0 saturated carbocycles. The van der Waals surface area contributed by atoms with Crippen LogP contribution in [0.4, 0.5) is 0 Å². The summed E-state index contributed by atoms with van der Waals surface area (Å²) < 4.78 is 6.22. The second-order valence-corrected chi connectivity index (χ2v) is 3.37. The number of hydrogen-bond donors (Lipinski definition) is 0. The molecule has 0 bridgehead atoms. The first-order chi connectivity index (χ1) is 5.36. The summed E-state index contributed by atoms with van der Waals surface area (Å²) in [6.45, 7) is 0. The van der Waals surface area contributed by atoms with E-state index in [1.165, 1.54) is 9.99 Å². The van der Waals surface area contributed by atoms with Gasteiger partial charge in [0, 0.05) is 4.43 Å². The Morgan fingerprint density at radius 1 is 1.25 bits per heavy atom. The zero-order valence-electron chi connectivity index (χ0n) is 6.51. The highest BCUT2D eigenvalue weighted by atomic mass is 127. The summed E-state index contributed by atoms with van der Waals surface area (Å²) in [6.07, 6.45) is 1.14. The number of hydrogen-bond acceptors (Lipinski definition) is 1. The van der Waals surface area contributed by atoms with E-state index in [0.29, 0.717) is 0 Å². The number of halogens is 1. The third-order valence-electron chi connectivity index (χ3n) is 1.54. The van der Waals surface area contributed by atoms with Gasteiger partial charge in [-0.3, -0.25) is 0 Å². The van der Waals surface area contributed by atoms with Crippen LogP contribution in [0.5, 0.6) is 5.75 Å². The van der Waals surface area contributed by atoms with Crippen LogP contribution in [0.1, 0.15) is 5.56 Å². The molecule has 0 fully saturated rings. The molecular formula is C9H13IMgO. The normalized spacial score (nSPS) is 8.83. The molecule has 12 heavy (non-hydrogen) atoms. The highest BCUT2D eigenvalue weighted by Gasteiger charge is 1.91. The molecule has 3 heteroatoms. The molecule has 0 N–H and O–H groups in total. The van der Waals surface area contributed by atoms with Gasteiger partial charge in [0.25, 0.3) is 0 Å². The molecule has 0 amide bonds. The smallest absolute Gasteiger partial charge is 0.316 e. The van der Waals surface area contributed by atoms with Gasteiger partial charge in [0.1, 0.15) is 5.75 Å². The maximum atomic E-state index is 5.05. The van der Waals surface area contributed by atoms with E-state index in [2.05, 4.69) is 34.7 Å². The first-order valence-electron chi connectivity index (χ1n) is 3.55. The Hall–Kier alpha value is 0.516. The molecule has 64 valence electrons. The lowest BCUT2D eigenvalue weighted by atomic mass is 10.2. The molecule has 1 aromatic rings. The molecule has 0 aliphatic carbocycles. The third kappa shape index (κ3) is 3.96. The van der Waals surface area contributed by atoms with Gasteiger partial charge in [0.15, 0.2) is 0 Å². The molecule has 0 atom stereocenters. The molecule has 0 aliphatic heterocycles. The van der Waals surface area contributed by atoms with E-state index in [1.807, 2.05) is 12.1 Å². The van der Waals surface area contributed by atoms with Crippen molar-refractivity contribution in [1.29, 1.82) is 0 Å². The second-order valence-electron chi connectivity index (χ2n) is 2.29. The van der Waals surface area contributed by atoms with E-state index in [0.717, 1.165) is 12.2 Å². The molecule has 0 spiro atoms. The third-order valence-corrected chi connectivity index (χ3v) is 2.08. The summed E-state index contributed by atoms with van der Waals surface area (Å²) in [5.74, 6) is 0.933. The zero-order valence-corrected chi connectivity index (χ0v) is 8.67. The fourth-order valence-corrected chi connectivity index (χ4v) is 1.52. The van der Waals surface area contributed by atoms with Crippen LogP contribution in [0.15, 0.2) is 24.3 Å². The van der Waals surface area contributed by atoms with E-state index in [4.69, 9.17) is 4.74 Å². The Morgan fingerprint density at radius 3 is 2.25 bits per heavy atom. The van der Waals surface area contributed by atoms with Crippen molar-refractivity contribution in [3.8, 4) is 5.75 Å². The van der Waals surface area contributed by atoms with Gasteiger partial charge in [-0.25, -0.2) is 0 Å². The van der Waals surface area contributed by atoms with Crippen LogP contribution in [0.2, 0.25) is 0 Å². The summed E-state index contributed by atoms with van der Waals surface area (Å²) in [5.41, 5.74) is 1.38. The molecule has 0 saturated heterocycles. The second kappa shape index (κ2) is 6.97. The molecule has 0 radical (unpaired) electrons. The molecule has 0 heterocycles. The Morgan fingerprint density at radius 2 is 1.83 bits per heavy atom. The Bertz CT molecular complexity index is 210. The number of alkyl halides is 1. The van der Waals surface area contributed by atoms with Crippen LogP contribution in [0.3, 0.4) is 0 Å². The number of rotatable bonds is 3. The summed E-state index contributed by atoms with van der Waals surface area (Å²) >= 11 is 2.38. The Kier molecular flexibility index (Phi) is 7.27. The molecule has 0 unspecified atom stereocenters. The molecule has 0 aromatic heterocycles. The number of methoxy groups -OCH3 is 1. The molecular weight excluding hydrogens is 275 g/mol. The van der Waals surface area contributed by atoms with Crippen LogP contribution >= 0.6 is 22.6 Å². The quantitative estimate of drug-likeness (QED) is 0.468. The van der Waals surface area contributed by atoms with Gasteiger partial charge in [0.05, 0.1) is 7.11 Å². The van der Waals surface area contributed by atoms with Crippen molar-refractivity contribution in [1.82, 2.24) is 0 Å². The van der Waals surface area contributed by atoms with E-state index >= 15 is 0 Å². The molecule has 0 aliphatic rings. The number of aryl methyl sites for hydroxylation is 1. The number of benzene rings is 1. The van der Waals surface area contributed by atoms with Gasteiger partial charge < -0.3 is 4.74 Å². The minimum Gasteiger partial charge on any atom is -0.497 e. The lowest BCUT2D eigenvalue weighted by Crippen LogP contribution is -1.86. The maximum absolute atomic E-state index is 5.05. The van der Waals surface area contributed by atoms with Crippen molar-refractivity contribution in [3.05, 3.63) is 29.8 Å². The van der Waals surface area contributed by atoms with Gasteiger partial charge in [-0.15, -0.1) is 0 Å². The van der Waals surface area contributed by atoms with Crippen molar-refractivity contribution < 1.29 is 4.74 Å². The van der Waals surface area contributed by atoms with Crippen molar-refractivity contribution in [3.63, 3.8) is 0 Å². The standard InChI is InChI=1S/C9H11IO.Mg.2H/c1-11-9-4-2-8(3-5-9)6-7-10;;;/h2-5H,6-7H2,1H3;;;. The van der Waals surface area contributed by atoms with E-state index < -0.39 is 0 Å². The van der Waals surface area contributed by atoms with Crippen LogP contribution in [0.25, 0.3) is 0 Å². The summed E-state index contributed by atoms with van der Waals surface area (Å²) in [5, 5.41) is 0. The van der Waals surface area contributed by atoms with Gasteiger partial charge in [0.2, 0.25) is 0 Å². The predicted molar refractivity (Wildman–Crippen MR) is 64.1 cm³/mol. The predicted octanol–water partition coefficient (Wildman–Crippen LogP) is 1.76. The topological polar surface area (TPSA) is 9.23 Å². The first kappa shape index (κ1) is 12.5. The highest BCUT2D eigenvalue weighted by molar-refractivity contribution is 14.1. The fourth-order valence-electron chi connectivity index (χ4n) is 0.901. The maximum Gasteiger partial charge on any atom is 0.316 e. The van der Waals surface area contributed by atoms with Crippen LogP contribution in [0, 0.1) is 0 Å². The minimum absolute atomic E-state index is 0. The summed E-state index contributed by atoms with van der Waals surface area (Å²) in [6, 6.07) is 8.22. The van der Waals surface area contributed by atoms with Crippen LogP contribution < -0.4 is 4.74 Å². The van der Waals surface area contributed by atoms with Crippen molar-refractivity contribution in [2.24, 2.45) is 0 Å². The zero-order chi connectivity index (χ0) is 8.10. The van der Waals surface area contributed by atoms with Crippen LogP contribution in [-0.4, -0.2) is 34.6 Å². The Balaban J connectivity index is 0.00000121. The monoisotopic (exact) mass is 288 g/mol. The van der Waals surface area contributed by atoms with Gasteiger partial charge in [-0.05, 0) is 24.1 Å². The van der Waals surface area contributed by atoms with Crippen molar-refractivity contribution in [2.45, 2.75) is 6.42 Å². The largest absolute Gasteiger partial charge is 0.497 e. The molecule has 1 nitrogen and oxygen atoms in total. The summed E-state index contributed by atoms with van der Waals surface area (Å²) in [7, 11) is 1.69. The van der Waals surface area contributed by atoms with Gasteiger partial charge in [-0.2, -0.15) is 0 Å². The number of ether oxygens (including phenoxy) is 1. The highest BCUT2D eigenvalue weighted by Crippen LogP contribution is 2.11. The molecule has 1 aromatic carbocycles. The first-order valence-corrected chi connectivity index (χ1v) is 5.08. The lowest BCUT2D eigenvalue weighted by Gasteiger charge is -2.00. The van der Waals surface area contributed by atoms with Gasteiger partial charge >= 0.3 is 23.1 Å². The van der Waals surface area contributed by atoms with Crippen molar-refractivity contribution in [2.75, 3.05) is 11.5 Å².